The minimum atomic E-state index is -4.73. The minimum absolute atomic E-state index is 0.0894. The van der Waals surface area contributed by atoms with Gasteiger partial charge in [-0.05, 0) is 6.92 Å². The average Bonchev–Trinajstić information content (AvgIpc) is 3.57. The number of phosphoric acid groups is 1. The number of nitrogens with zero attached hydrogens (tertiary/aromatic N) is 5. The molecule has 206 valence electrons. The number of ether oxygens (including phenoxy) is 2. The van der Waals surface area contributed by atoms with Crippen molar-refractivity contribution in [1.29, 1.82) is 0 Å². The Morgan fingerprint density at radius 2 is 1.92 bits per heavy atom. The zero-order chi connectivity index (χ0) is 27.2. The molecule has 1 unspecified atom stereocenters. The number of phosphoric ester groups is 1. The van der Waals surface area contributed by atoms with Crippen molar-refractivity contribution in [2.75, 3.05) is 18.9 Å². The number of anilines is 1. The Labute approximate surface area is 213 Å². The number of nitrogens with one attached hydrogen (secondary N) is 1. The number of fused-ring (bicyclic) bond motifs is 1. The van der Waals surface area contributed by atoms with Crippen molar-refractivity contribution in [1.82, 2.24) is 29.1 Å². The number of nitrogens with two attached hydrogens (primary N) is 1. The zero-order valence-electron chi connectivity index (χ0n) is 20.0. The summed E-state index contributed by atoms with van der Waals surface area (Å²) >= 11 is 0. The SMILES string of the molecule is Cc1cn([C@@H]2C[C@H](OP(=O)(O)OC[C@@H]3O[C@H](n4cnc5c(N)ncnc54)C[C@H]3O)[C@@H](CO)O2)c(=O)[nH]c1=O. The molecule has 3 aromatic heterocycles. The third-order valence-electron chi connectivity index (χ3n) is 6.39. The van der Waals surface area contributed by atoms with Gasteiger partial charge in [-0.15, -0.1) is 0 Å². The van der Waals surface area contributed by atoms with Crippen molar-refractivity contribution in [3.63, 3.8) is 0 Å². The molecule has 5 rings (SSSR count). The molecule has 38 heavy (non-hydrogen) atoms. The number of rotatable bonds is 8. The molecular formula is C20H26N7O10P. The van der Waals surface area contributed by atoms with Gasteiger partial charge in [-0.1, -0.05) is 0 Å². The van der Waals surface area contributed by atoms with Crippen LogP contribution in [0, 0.1) is 6.92 Å². The molecule has 2 saturated heterocycles. The summed E-state index contributed by atoms with van der Waals surface area (Å²) in [4.78, 5) is 48.5. The lowest BCUT2D eigenvalue weighted by Gasteiger charge is -2.21. The van der Waals surface area contributed by atoms with Crippen LogP contribution in [0.5, 0.6) is 0 Å². The Morgan fingerprint density at radius 1 is 1.18 bits per heavy atom. The number of aliphatic hydroxyl groups is 2. The highest BCUT2D eigenvalue weighted by Gasteiger charge is 2.43. The number of hydrogen-bond donors (Lipinski definition) is 5. The van der Waals surface area contributed by atoms with Crippen LogP contribution in [0.2, 0.25) is 0 Å². The number of aromatic nitrogens is 6. The number of hydrogen-bond acceptors (Lipinski definition) is 13. The lowest BCUT2D eigenvalue weighted by Crippen LogP contribution is -2.33. The van der Waals surface area contributed by atoms with Gasteiger partial charge < -0.3 is 30.3 Å². The van der Waals surface area contributed by atoms with Gasteiger partial charge in [-0.25, -0.2) is 24.3 Å². The number of aliphatic hydroxyl groups excluding tert-OH is 2. The molecule has 0 amide bonds. The number of H-pyrrole nitrogens is 1. The molecule has 0 spiro atoms. The highest BCUT2D eigenvalue weighted by Crippen LogP contribution is 2.49. The second-order valence-electron chi connectivity index (χ2n) is 8.95. The van der Waals surface area contributed by atoms with Crippen LogP contribution in [0.3, 0.4) is 0 Å². The van der Waals surface area contributed by atoms with E-state index in [1.54, 1.807) is 4.57 Å². The minimum Gasteiger partial charge on any atom is -0.394 e. The Morgan fingerprint density at radius 3 is 2.68 bits per heavy atom. The van der Waals surface area contributed by atoms with Gasteiger partial charge in [-0.2, -0.15) is 0 Å². The van der Waals surface area contributed by atoms with Gasteiger partial charge in [0.15, 0.2) is 11.5 Å². The van der Waals surface area contributed by atoms with E-state index in [-0.39, 0.29) is 24.2 Å². The topological polar surface area (TPSA) is 239 Å². The van der Waals surface area contributed by atoms with Crippen LogP contribution in [-0.4, -0.2) is 81.8 Å². The van der Waals surface area contributed by atoms with E-state index in [9.17, 15) is 29.3 Å². The molecule has 2 aliphatic rings. The number of imidazole rings is 1. The lowest BCUT2D eigenvalue weighted by atomic mass is 10.2. The standard InChI is InChI=1S/C20H26N7O10P/c1-9-4-26(20(31)25-19(9)30)15-3-11(12(5-28)35-15)37-38(32,33)34-6-13-10(29)2-14(36-13)27-8-24-16-17(21)22-7-23-18(16)27/h4,7-8,10-15,28-29H,2-3,5-6H2,1H3,(H,32,33)(H2,21,22,23)(H,25,30,31)/t10-,11+,12-,13+,14+,15+/m1/s1. The Hall–Kier alpha value is -3.02. The predicted molar refractivity (Wildman–Crippen MR) is 127 cm³/mol. The Bertz CT molecular complexity index is 1490. The molecule has 7 atom stereocenters. The van der Waals surface area contributed by atoms with Crippen molar-refractivity contribution in [3.8, 4) is 0 Å². The zero-order valence-corrected chi connectivity index (χ0v) is 20.9. The molecule has 0 saturated carbocycles. The maximum absolute atomic E-state index is 12.7. The molecule has 3 aromatic rings. The molecule has 18 heteroatoms. The fourth-order valence-corrected chi connectivity index (χ4v) is 5.39. The van der Waals surface area contributed by atoms with E-state index in [1.807, 2.05) is 0 Å². The maximum Gasteiger partial charge on any atom is 0.472 e. The highest BCUT2D eigenvalue weighted by molar-refractivity contribution is 7.47. The largest absolute Gasteiger partial charge is 0.472 e. The number of aryl methyl sites for hydroxylation is 1. The van der Waals surface area contributed by atoms with Crippen molar-refractivity contribution in [2.45, 2.75) is 56.6 Å². The van der Waals surface area contributed by atoms with Gasteiger partial charge in [0.05, 0.1) is 25.6 Å². The number of nitrogen functional groups attached to an aromatic ring is 1. The summed E-state index contributed by atoms with van der Waals surface area (Å²) in [5, 5.41) is 20.1. The van der Waals surface area contributed by atoms with E-state index >= 15 is 0 Å². The first-order valence-electron chi connectivity index (χ1n) is 11.6. The summed E-state index contributed by atoms with van der Waals surface area (Å²) in [6.45, 7) is 0.436. The normalized spacial score (nSPS) is 29.2. The molecule has 0 aliphatic carbocycles. The average molecular weight is 555 g/mol. The molecule has 0 aromatic carbocycles. The molecule has 0 radical (unpaired) electrons. The van der Waals surface area contributed by atoms with Crippen LogP contribution in [0.15, 0.2) is 28.4 Å². The van der Waals surface area contributed by atoms with E-state index in [0.717, 1.165) is 4.57 Å². The maximum atomic E-state index is 12.7. The van der Waals surface area contributed by atoms with Gasteiger partial charge in [0.25, 0.3) is 5.56 Å². The Kier molecular flexibility index (Phi) is 7.19. The monoisotopic (exact) mass is 555 g/mol. The summed E-state index contributed by atoms with van der Waals surface area (Å²) in [5.41, 5.74) is 5.52. The van der Waals surface area contributed by atoms with E-state index in [0.29, 0.717) is 11.2 Å². The van der Waals surface area contributed by atoms with Crippen LogP contribution in [0.25, 0.3) is 11.2 Å². The number of aromatic amines is 1. The summed E-state index contributed by atoms with van der Waals surface area (Å²) in [7, 11) is -4.73. The van der Waals surface area contributed by atoms with Crippen molar-refractivity contribution >= 4 is 24.8 Å². The highest BCUT2D eigenvalue weighted by atomic mass is 31.2. The van der Waals surface area contributed by atoms with Crippen molar-refractivity contribution in [3.05, 3.63) is 45.3 Å². The van der Waals surface area contributed by atoms with Crippen molar-refractivity contribution in [2.24, 2.45) is 0 Å². The first-order valence-corrected chi connectivity index (χ1v) is 13.1. The second-order valence-corrected chi connectivity index (χ2v) is 10.4. The molecule has 0 bridgehead atoms. The van der Waals surface area contributed by atoms with Crippen molar-refractivity contribution < 1.29 is 38.2 Å². The third-order valence-corrected chi connectivity index (χ3v) is 7.40. The second kappa shape index (κ2) is 10.3. The Balaban J connectivity index is 1.22. The summed E-state index contributed by atoms with van der Waals surface area (Å²) in [6, 6.07) is 0. The molecule has 2 aliphatic heterocycles. The van der Waals surface area contributed by atoms with Gasteiger partial charge in [-0.3, -0.25) is 28.0 Å². The molecule has 17 nitrogen and oxygen atoms in total. The summed E-state index contributed by atoms with van der Waals surface area (Å²) < 4.78 is 37.1. The van der Waals surface area contributed by atoms with Crippen LogP contribution in [-0.2, 0) is 23.1 Å². The summed E-state index contributed by atoms with van der Waals surface area (Å²) in [5.74, 6) is 0.186. The van der Waals surface area contributed by atoms with E-state index < -0.39 is 69.2 Å². The third kappa shape index (κ3) is 5.14. The summed E-state index contributed by atoms with van der Waals surface area (Å²) in [6.07, 6.45) is -1.83. The van der Waals surface area contributed by atoms with Gasteiger partial charge in [0.2, 0.25) is 0 Å². The lowest BCUT2D eigenvalue weighted by molar-refractivity contribution is -0.0564. The quantitative estimate of drug-likeness (QED) is 0.203. The van der Waals surface area contributed by atoms with Gasteiger partial charge >= 0.3 is 13.5 Å². The molecular weight excluding hydrogens is 529 g/mol. The first-order chi connectivity index (χ1) is 18.1. The van der Waals surface area contributed by atoms with Crippen LogP contribution < -0.4 is 17.0 Å². The molecule has 2 fully saturated rings. The van der Waals surface area contributed by atoms with E-state index in [2.05, 4.69) is 19.9 Å². The fraction of sp³-hybridized carbons (Fsp3) is 0.550. The molecule has 6 N–H and O–H groups in total. The molecule has 5 heterocycles. The smallest absolute Gasteiger partial charge is 0.394 e. The van der Waals surface area contributed by atoms with Gasteiger partial charge in [0, 0.05) is 24.6 Å². The van der Waals surface area contributed by atoms with Gasteiger partial charge in [0.1, 0.15) is 42.6 Å². The van der Waals surface area contributed by atoms with E-state index in [4.69, 9.17) is 24.3 Å². The predicted octanol–water partition coefficient (Wildman–Crippen LogP) is -1.30. The van der Waals surface area contributed by atoms with Crippen LogP contribution in [0.4, 0.5) is 5.82 Å². The van der Waals surface area contributed by atoms with Crippen LogP contribution in [0.1, 0.15) is 30.9 Å². The van der Waals surface area contributed by atoms with Crippen LogP contribution >= 0.6 is 7.82 Å². The fourth-order valence-electron chi connectivity index (χ4n) is 4.43. The van der Waals surface area contributed by atoms with E-state index in [1.165, 1.54) is 25.8 Å². The first kappa shape index (κ1) is 26.6.